The molecule has 0 aliphatic heterocycles. The van der Waals surface area contributed by atoms with Gasteiger partial charge in [-0.05, 0) is 60.2 Å². The van der Waals surface area contributed by atoms with Crippen LogP contribution in [-0.4, -0.2) is 4.57 Å². The van der Waals surface area contributed by atoms with Crippen LogP contribution in [0, 0.1) is 22.7 Å². The second kappa shape index (κ2) is 7.60. The highest BCUT2D eigenvalue weighted by Gasteiger charge is 2.19. The van der Waals surface area contributed by atoms with Crippen LogP contribution in [0.25, 0.3) is 60.6 Å². The van der Waals surface area contributed by atoms with Crippen LogP contribution >= 0.6 is 0 Å². The van der Waals surface area contributed by atoms with Gasteiger partial charge in [0, 0.05) is 27.1 Å². The van der Waals surface area contributed by atoms with E-state index >= 15 is 0 Å². The average Bonchev–Trinajstić information content (AvgIpc) is 3.47. The quantitative estimate of drug-likeness (QED) is 0.262. The first-order valence-corrected chi connectivity index (χ1v) is 11.7. The first-order chi connectivity index (χ1) is 17.8. The highest BCUT2D eigenvalue weighted by molar-refractivity contribution is 6.11. The molecule has 0 radical (unpaired) electrons. The number of hydrogen-bond acceptors (Lipinski definition) is 3. The topological polar surface area (TPSA) is 65.7 Å². The summed E-state index contributed by atoms with van der Waals surface area (Å²) in [5, 5.41) is 23.8. The summed E-state index contributed by atoms with van der Waals surface area (Å²) in [5.41, 5.74) is 7.60. The monoisotopic (exact) mass is 459 g/mol. The Balaban J connectivity index is 1.59. The molecule has 0 saturated carbocycles. The molecule has 7 rings (SSSR count). The van der Waals surface area contributed by atoms with Crippen molar-refractivity contribution in [2.75, 3.05) is 0 Å². The minimum Gasteiger partial charge on any atom is -0.456 e. The van der Waals surface area contributed by atoms with Crippen molar-refractivity contribution in [2.24, 2.45) is 0 Å². The predicted octanol–water partition coefficient (Wildman–Crippen LogP) is 8.09. The standard InChI is InChI=1S/C32H17N3O/c33-18-20-12-14-28-25(16-20)23-7-1-3-9-27(23)35(28)29-10-5-6-22(19-34)32(29)21-13-15-31-26(17-21)24-8-2-4-11-30(24)36-31/h1-17H. The average molecular weight is 460 g/mol. The van der Waals surface area contributed by atoms with E-state index in [1.165, 1.54) is 0 Å². The number of benzene rings is 5. The molecule has 0 unspecified atom stereocenters. The summed E-state index contributed by atoms with van der Waals surface area (Å²) in [6.07, 6.45) is 0. The Hall–Kier alpha value is -5.32. The van der Waals surface area contributed by atoms with E-state index < -0.39 is 0 Å². The third-order valence-electron chi connectivity index (χ3n) is 6.87. The summed E-state index contributed by atoms with van der Waals surface area (Å²) >= 11 is 0. The minimum atomic E-state index is 0.597. The van der Waals surface area contributed by atoms with Gasteiger partial charge in [-0.25, -0.2) is 0 Å². The fraction of sp³-hybridized carbons (Fsp3) is 0. The molecular weight excluding hydrogens is 442 g/mol. The number of nitriles is 2. The summed E-state index contributed by atoms with van der Waals surface area (Å²) in [6.45, 7) is 0. The van der Waals surface area contributed by atoms with Gasteiger partial charge in [-0.2, -0.15) is 10.5 Å². The third-order valence-corrected chi connectivity index (χ3v) is 6.87. The molecule has 7 aromatic rings. The second-order valence-corrected chi connectivity index (χ2v) is 8.82. The minimum absolute atomic E-state index is 0.597. The lowest BCUT2D eigenvalue weighted by molar-refractivity contribution is 0.669. The second-order valence-electron chi connectivity index (χ2n) is 8.82. The van der Waals surface area contributed by atoms with E-state index in [1.807, 2.05) is 72.8 Å². The number of fused-ring (bicyclic) bond motifs is 6. The molecule has 4 nitrogen and oxygen atoms in total. The van der Waals surface area contributed by atoms with Gasteiger partial charge in [0.05, 0.1) is 40.0 Å². The van der Waals surface area contributed by atoms with E-state index in [4.69, 9.17) is 4.42 Å². The summed E-state index contributed by atoms with van der Waals surface area (Å²) in [5.74, 6) is 0. The Bertz CT molecular complexity index is 2080. The van der Waals surface area contributed by atoms with Crippen molar-refractivity contribution in [2.45, 2.75) is 0 Å². The van der Waals surface area contributed by atoms with Crippen molar-refractivity contribution in [3.05, 3.63) is 114 Å². The molecule has 166 valence electrons. The van der Waals surface area contributed by atoms with E-state index in [9.17, 15) is 10.5 Å². The fourth-order valence-corrected chi connectivity index (χ4v) is 5.31. The van der Waals surface area contributed by atoms with Crippen molar-refractivity contribution < 1.29 is 4.42 Å². The van der Waals surface area contributed by atoms with Crippen LogP contribution in [0.4, 0.5) is 0 Å². The molecule has 36 heavy (non-hydrogen) atoms. The highest BCUT2D eigenvalue weighted by Crippen LogP contribution is 2.39. The van der Waals surface area contributed by atoms with Gasteiger partial charge < -0.3 is 8.98 Å². The first kappa shape index (κ1) is 20.1. The van der Waals surface area contributed by atoms with Crippen molar-refractivity contribution >= 4 is 43.7 Å². The molecule has 4 heteroatoms. The van der Waals surface area contributed by atoms with Crippen molar-refractivity contribution in [3.8, 4) is 29.0 Å². The molecular formula is C32H17N3O. The highest BCUT2D eigenvalue weighted by atomic mass is 16.3. The van der Waals surface area contributed by atoms with Crippen LogP contribution in [0.5, 0.6) is 0 Å². The van der Waals surface area contributed by atoms with Gasteiger partial charge in [-0.15, -0.1) is 0 Å². The number of para-hydroxylation sites is 2. The zero-order chi connectivity index (χ0) is 24.2. The van der Waals surface area contributed by atoms with Crippen molar-refractivity contribution in [1.29, 1.82) is 10.5 Å². The molecule has 0 spiro atoms. The van der Waals surface area contributed by atoms with Crippen molar-refractivity contribution in [3.63, 3.8) is 0 Å². The van der Waals surface area contributed by atoms with E-state index in [-0.39, 0.29) is 0 Å². The van der Waals surface area contributed by atoms with E-state index in [0.29, 0.717) is 11.1 Å². The molecule has 0 amide bonds. The van der Waals surface area contributed by atoms with E-state index in [0.717, 1.165) is 60.6 Å². The van der Waals surface area contributed by atoms with Gasteiger partial charge in [-0.1, -0.05) is 48.5 Å². The summed E-state index contributed by atoms with van der Waals surface area (Å²) in [6, 6.07) is 38.6. The molecule has 2 aromatic heterocycles. The van der Waals surface area contributed by atoms with Crippen LogP contribution in [0.2, 0.25) is 0 Å². The molecule has 0 aliphatic rings. The fourth-order valence-electron chi connectivity index (χ4n) is 5.31. The van der Waals surface area contributed by atoms with E-state index in [2.05, 4.69) is 47.0 Å². The number of aromatic nitrogens is 1. The maximum atomic E-state index is 10.1. The lowest BCUT2D eigenvalue weighted by Gasteiger charge is -2.15. The Morgan fingerprint density at radius 1 is 0.583 bits per heavy atom. The molecule has 0 fully saturated rings. The normalized spacial score (nSPS) is 11.3. The van der Waals surface area contributed by atoms with Gasteiger partial charge in [0.1, 0.15) is 11.2 Å². The number of nitrogens with zero attached hydrogens (tertiary/aromatic N) is 3. The summed E-state index contributed by atoms with van der Waals surface area (Å²) < 4.78 is 8.24. The lowest BCUT2D eigenvalue weighted by atomic mass is 9.96. The van der Waals surface area contributed by atoms with Gasteiger partial charge in [-0.3, -0.25) is 0 Å². The van der Waals surface area contributed by atoms with Crippen LogP contribution in [0.3, 0.4) is 0 Å². The Labute approximate surface area is 206 Å². The van der Waals surface area contributed by atoms with E-state index in [1.54, 1.807) is 0 Å². The van der Waals surface area contributed by atoms with Crippen LogP contribution in [0.15, 0.2) is 108 Å². The van der Waals surface area contributed by atoms with Crippen molar-refractivity contribution in [1.82, 2.24) is 4.57 Å². The largest absolute Gasteiger partial charge is 0.456 e. The molecule has 0 N–H and O–H groups in total. The van der Waals surface area contributed by atoms with Crippen LogP contribution < -0.4 is 0 Å². The van der Waals surface area contributed by atoms with Gasteiger partial charge in [0.15, 0.2) is 0 Å². The SMILES string of the molecule is N#Cc1ccc2c(c1)c1ccccc1n2-c1cccc(C#N)c1-c1ccc2oc3ccccc3c2c1. The Morgan fingerprint density at radius 3 is 2.22 bits per heavy atom. The number of hydrogen-bond donors (Lipinski definition) is 0. The third kappa shape index (κ3) is 2.79. The zero-order valence-corrected chi connectivity index (χ0v) is 19.1. The number of furan rings is 1. The summed E-state index contributed by atoms with van der Waals surface area (Å²) in [4.78, 5) is 0. The summed E-state index contributed by atoms with van der Waals surface area (Å²) in [7, 11) is 0. The number of rotatable bonds is 2. The van der Waals surface area contributed by atoms with Crippen LogP contribution in [-0.2, 0) is 0 Å². The molecule has 0 atom stereocenters. The maximum Gasteiger partial charge on any atom is 0.135 e. The lowest BCUT2D eigenvalue weighted by Crippen LogP contribution is -1.99. The maximum absolute atomic E-state index is 10.1. The van der Waals surface area contributed by atoms with Crippen LogP contribution in [0.1, 0.15) is 11.1 Å². The molecule has 2 heterocycles. The van der Waals surface area contributed by atoms with Gasteiger partial charge in [0.2, 0.25) is 0 Å². The first-order valence-electron chi connectivity index (χ1n) is 11.7. The zero-order valence-electron chi connectivity index (χ0n) is 19.1. The predicted molar refractivity (Wildman–Crippen MR) is 143 cm³/mol. The van der Waals surface area contributed by atoms with Gasteiger partial charge in [0.25, 0.3) is 0 Å². The molecule has 0 bridgehead atoms. The Kier molecular flexibility index (Phi) is 4.24. The molecule has 5 aromatic carbocycles. The Morgan fingerprint density at radius 2 is 1.36 bits per heavy atom. The van der Waals surface area contributed by atoms with Gasteiger partial charge >= 0.3 is 0 Å². The molecule has 0 saturated heterocycles. The molecule has 0 aliphatic carbocycles. The smallest absolute Gasteiger partial charge is 0.135 e.